The molecule has 0 spiro atoms. The smallest absolute Gasteiger partial charge is 0.319 e. The molecular formula is C6H10O2S3. The van der Waals surface area contributed by atoms with Gasteiger partial charge in [0.15, 0.2) is 0 Å². The van der Waals surface area contributed by atoms with E-state index in [0.717, 1.165) is 11.8 Å². The van der Waals surface area contributed by atoms with E-state index in [-0.39, 0.29) is 0 Å². The first kappa shape index (κ1) is 11.3. The molecule has 11 heavy (non-hydrogen) atoms. The number of thioether (sulfide) groups is 1. The molecule has 0 aliphatic carbocycles. The van der Waals surface area contributed by atoms with E-state index in [4.69, 9.17) is 17.3 Å². The molecule has 2 nitrogen and oxygen atoms in total. The lowest BCUT2D eigenvalue weighted by molar-refractivity contribution is -0.139. The minimum atomic E-state index is -0.846. The van der Waals surface area contributed by atoms with Gasteiger partial charge in [0.2, 0.25) is 0 Å². The zero-order valence-corrected chi connectivity index (χ0v) is 8.85. The molecule has 5 heteroatoms. The van der Waals surface area contributed by atoms with Crippen molar-refractivity contribution in [2.75, 3.05) is 0 Å². The van der Waals surface area contributed by atoms with E-state index in [1.807, 2.05) is 6.92 Å². The maximum absolute atomic E-state index is 10.7. The standard InChI is InChI=1S/C6H10O2S3/c1-3-6(2,4(7)8)11-5(9)10/h3H2,1-2H3,(H,7,8)(H,9,10). The molecule has 1 unspecified atom stereocenters. The summed E-state index contributed by atoms with van der Waals surface area (Å²) in [6.07, 6.45) is 0.535. The summed E-state index contributed by atoms with van der Waals surface area (Å²) in [7, 11) is 0. The van der Waals surface area contributed by atoms with Crippen molar-refractivity contribution in [3.05, 3.63) is 0 Å². The van der Waals surface area contributed by atoms with Gasteiger partial charge >= 0.3 is 5.97 Å². The highest BCUT2D eigenvalue weighted by Gasteiger charge is 2.32. The topological polar surface area (TPSA) is 37.3 Å². The van der Waals surface area contributed by atoms with Crippen LogP contribution in [0, 0.1) is 0 Å². The lowest BCUT2D eigenvalue weighted by Gasteiger charge is -2.20. The summed E-state index contributed by atoms with van der Waals surface area (Å²) in [6.45, 7) is 3.45. The van der Waals surface area contributed by atoms with E-state index in [1.165, 1.54) is 0 Å². The Morgan fingerprint density at radius 2 is 2.27 bits per heavy atom. The maximum Gasteiger partial charge on any atom is 0.319 e. The van der Waals surface area contributed by atoms with Crippen LogP contribution in [0.5, 0.6) is 0 Å². The van der Waals surface area contributed by atoms with Crippen molar-refractivity contribution >= 4 is 46.1 Å². The second-order valence-corrected chi connectivity index (χ2v) is 5.49. The third-order valence-corrected chi connectivity index (χ3v) is 3.05. The number of carbonyl (C=O) groups is 1. The lowest BCUT2D eigenvalue weighted by Crippen LogP contribution is -2.31. The number of thiol groups is 1. The fourth-order valence-corrected chi connectivity index (χ4v) is 2.23. The SMILES string of the molecule is CCC(C)(SC(=S)S)C(=O)O. The molecule has 0 fully saturated rings. The highest BCUT2D eigenvalue weighted by molar-refractivity contribution is 8.42. The Hall–Kier alpha value is 0.260. The third-order valence-electron chi connectivity index (χ3n) is 1.44. The maximum atomic E-state index is 10.7. The predicted octanol–water partition coefficient (Wildman–Crippen LogP) is 2.19. The summed E-state index contributed by atoms with van der Waals surface area (Å²) < 4.78 is -0.449. The van der Waals surface area contributed by atoms with Crippen molar-refractivity contribution in [2.24, 2.45) is 0 Å². The molecule has 0 amide bonds. The van der Waals surface area contributed by atoms with E-state index in [0.29, 0.717) is 9.95 Å². The van der Waals surface area contributed by atoms with Crippen LogP contribution in [0.15, 0.2) is 0 Å². The van der Waals surface area contributed by atoms with Crippen LogP contribution in [-0.2, 0) is 4.79 Å². The van der Waals surface area contributed by atoms with Crippen molar-refractivity contribution in [1.29, 1.82) is 0 Å². The summed E-state index contributed by atoms with van der Waals surface area (Å²) in [6, 6.07) is 0. The second kappa shape index (κ2) is 4.33. The van der Waals surface area contributed by atoms with E-state index < -0.39 is 10.7 Å². The first-order valence-corrected chi connectivity index (χ1v) is 4.75. The highest BCUT2D eigenvalue weighted by Crippen LogP contribution is 2.31. The average Bonchev–Trinajstić information content (AvgIpc) is 1.86. The van der Waals surface area contributed by atoms with Crippen molar-refractivity contribution in [1.82, 2.24) is 0 Å². The fourth-order valence-electron chi connectivity index (χ4n) is 0.460. The normalized spacial score (nSPS) is 15.5. The van der Waals surface area contributed by atoms with Gasteiger partial charge in [0.05, 0.1) is 0 Å². The molecule has 1 atom stereocenters. The van der Waals surface area contributed by atoms with Gasteiger partial charge in [-0.2, -0.15) is 0 Å². The zero-order chi connectivity index (χ0) is 9.07. The minimum Gasteiger partial charge on any atom is -0.480 e. The summed E-state index contributed by atoms with van der Waals surface area (Å²) in [5.41, 5.74) is 0. The van der Waals surface area contributed by atoms with E-state index in [2.05, 4.69) is 12.6 Å². The number of hydrogen-bond donors (Lipinski definition) is 2. The van der Waals surface area contributed by atoms with E-state index >= 15 is 0 Å². The molecule has 0 aliphatic heterocycles. The minimum absolute atomic E-state index is 0.372. The van der Waals surface area contributed by atoms with Gasteiger partial charge in [-0.05, 0) is 13.3 Å². The molecule has 0 saturated heterocycles. The van der Waals surface area contributed by atoms with Crippen LogP contribution in [0.4, 0.5) is 0 Å². The van der Waals surface area contributed by atoms with Crippen molar-refractivity contribution in [3.8, 4) is 0 Å². The zero-order valence-electron chi connectivity index (χ0n) is 6.33. The Kier molecular flexibility index (Phi) is 4.43. The number of rotatable bonds is 3. The third kappa shape index (κ3) is 3.44. The molecule has 0 aromatic heterocycles. The predicted molar refractivity (Wildman–Crippen MR) is 55.5 cm³/mol. The van der Waals surface area contributed by atoms with Gasteiger partial charge in [0.25, 0.3) is 0 Å². The van der Waals surface area contributed by atoms with Crippen LogP contribution in [0.2, 0.25) is 0 Å². The number of hydrogen-bond acceptors (Lipinski definition) is 3. The van der Waals surface area contributed by atoms with E-state index in [1.54, 1.807) is 6.92 Å². The van der Waals surface area contributed by atoms with Gasteiger partial charge < -0.3 is 5.11 Å². The van der Waals surface area contributed by atoms with E-state index in [9.17, 15) is 4.79 Å². The molecule has 64 valence electrons. The summed E-state index contributed by atoms with van der Waals surface area (Å²) >= 11 is 9.67. The van der Waals surface area contributed by atoms with Gasteiger partial charge in [0.1, 0.15) is 8.28 Å². The summed E-state index contributed by atoms with van der Waals surface area (Å²) in [5.74, 6) is -0.846. The second-order valence-electron chi connectivity index (χ2n) is 2.26. The van der Waals surface area contributed by atoms with Crippen LogP contribution < -0.4 is 0 Å². The Labute approximate surface area is 81.2 Å². The molecule has 0 aromatic rings. The van der Waals surface area contributed by atoms with Crippen molar-refractivity contribution < 1.29 is 9.90 Å². The quantitative estimate of drug-likeness (QED) is 0.553. The highest BCUT2D eigenvalue weighted by atomic mass is 32.2. The summed E-state index contributed by atoms with van der Waals surface area (Å²) in [4.78, 5) is 10.7. The van der Waals surface area contributed by atoms with Crippen LogP contribution >= 0.6 is 36.6 Å². The Morgan fingerprint density at radius 3 is 2.36 bits per heavy atom. The molecule has 0 saturated carbocycles. The average molecular weight is 210 g/mol. The first-order valence-electron chi connectivity index (χ1n) is 3.07. The molecule has 0 heterocycles. The summed E-state index contributed by atoms with van der Waals surface area (Å²) in [5, 5.41) is 8.77. The number of carboxylic acids is 1. The molecule has 0 radical (unpaired) electrons. The molecule has 0 aliphatic rings. The number of aliphatic carboxylic acids is 1. The number of thiocarbonyl (C=S) groups is 1. The van der Waals surface area contributed by atoms with Crippen LogP contribution in [0.1, 0.15) is 20.3 Å². The van der Waals surface area contributed by atoms with Gasteiger partial charge in [-0.25, -0.2) is 0 Å². The van der Waals surface area contributed by atoms with Gasteiger partial charge in [0, 0.05) is 0 Å². The first-order chi connectivity index (χ1) is 4.92. The van der Waals surface area contributed by atoms with Crippen molar-refractivity contribution in [2.45, 2.75) is 25.0 Å². The largest absolute Gasteiger partial charge is 0.480 e. The Bertz CT molecular complexity index is 181. The molecule has 0 aromatic carbocycles. The Balaban J connectivity index is 4.34. The van der Waals surface area contributed by atoms with Crippen LogP contribution in [0.3, 0.4) is 0 Å². The van der Waals surface area contributed by atoms with Gasteiger partial charge in [-0.3, -0.25) is 4.79 Å². The Morgan fingerprint density at radius 1 is 1.82 bits per heavy atom. The molecule has 0 bridgehead atoms. The molecule has 1 N–H and O–H groups in total. The lowest BCUT2D eigenvalue weighted by atomic mass is 10.1. The molecular weight excluding hydrogens is 200 g/mol. The number of carboxylic acid groups (broad SMARTS) is 1. The van der Waals surface area contributed by atoms with Crippen LogP contribution in [0.25, 0.3) is 0 Å². The molecule has 0 rings (SSSR count). The van der Waals surface area contributed by atoms with Crippen LogP contribution in [-0.4, -0.2) is 19.4 Å². The van der Waals surface area contributed by atoms with Gasteiger partial charge in [-0.15, -0.1) is 12.6 Å². The van der Waals surface area contributed by atoms with Crippen molar-refractivity contribution in [3.63, 3.8) is 0 Å². The van der Waals surface area contributed by atoms with Gasteiger partial charge in [-0.1, -0.05) is 30.9 Å². The monoisotopic (exact) mass is 210 g/mol. The fraction of sp³-hybridized carbons (Fsp3) is 0.667.